The van der Waals surface area contributed by atoms with Crippen LogP contribution in [-0.4, -0.2) is 49.6 Å². The lowest BCUT2D eigenvalue weighted by Gasteiger charge is -2.40. The molecule has 0 saturated carbocycles. The van der Waals surface area contributed by atoms with Crippen molar-refractivity contribution in [1.82, 2.24) is 14.6 Å². The van der Waals surface area contributed by atoms with E-state index in [0.29, 0.717) is 41.6 Å². The zero-order chi connectivity index (χ0) is 27.6. The van der Waals surface area contributed by atoms with Crippen molar-refractivity contribution in [2.75, 3.05) is 26.0 Å². The molecule has 1 aliphatic heterocycles. The van der Waals surface area contributed by atoms with Crippen molar-refractivity contribution in [2.24, 2.45) is 17.8 Å². The predicted molar refractivity (Wildman–Crippen MR) is 149 cm³/mol. The maximum Gasteiger partial charge on any atom is 0.256 e. The van der Waals surface area contributed by atoms with Crippen LogP contribution in [-0.2, 0) is 27.8 Å². The Morgan fingerprint density at radius 1 is 1.21 bits per heavy atom. The number of aryl methyl sites for hydroxylation is 1. The molecule has 4 rings (SSSR count). The summed E-state index contributed by atoms with van der Waals surface area (Å²) in [6.07, 6.45) is 2.49. The monoisotopic (exact) mass is 541 g/mol. The van der Waals surface area contributed by atoms with E-state index in [1.165, 1.54) is 7.11 Å². The minimum Gasteiger partial charge on any atom is -0.496 e. The number of aromatic amines is 1. The second-order valence-corrected chi connectivity index (χ2v) is 12.8. The van der Waals surface area contributed by atoms with Crippen molar-refractivity contribution in [3.8, 4) is 5.75 Å². The molecule has 2 aliphatic rings. The second-order valence-electron chi connectivity index (χ2n) is 10.5. The van der Waals surface area contributed by atoms with Crippen LogP contribution in [0, 0.1) is 24.7 Å². The third kappa shape index (κ3) is 5.59. The number of nitrogens with one attached hydrogen (secondary N) is 2. The zero-order valence-corrected chi connectivity index (χ0v) is 23.8. The van der Waals surface area contributed by atoms with Gasteiger partial charge in [-0.25, -0.2) is 12.7 Å². The van der Waals surface area contributed by atoms with Crippen LogP contribution in [0.2, 0.25) is 0 Å². The van der Waals surface area contributed by atoms with Crippen LogP contribution in [0.25, 0.3) is 5.57 Å². The number of allylic oxidation sites excluding steroid dienone is 1. The van der Waals surface area contributed by atoms with Gasteiger partial charge in [-0.05, 0) is 75.0 Å². The highest BCUT2D eigenvalue weighted by atomic mass is 32.2. The second kappa shape index (κ2) is 11.5. The van der Waals surface area contributed by atoms with Crippen molar-refractivity contribution in [2.45, 2.75) is 53.5 Å². The highest BCUT2D eigenvalue weighted by molar-refractivity contribution is 7.89. The van der Waals surface area contributed by atoms with Gasteiger partial charge in [0, 0.05) is 24.4 Å². The Morgan fingerprint density at radius 3 is 2.55 bits per heavy atom. The Bertz CT molecular complexity index is 1390. The summed E-state index contributed by atoms with van der Waals surface area (Å²) in [5.74, 6) is 1.21. The van der Waals surface area contributed by atoms with Crippen LogP contribution in [0.15, 0.2) is 40.7 Å². The van der Waals surface area contributed by atoms with Crippen molar-refractivity contribution >= 4 is 21.5 Å². The van der Waals surface area contributed by atoms with Gasteiger partial charge in [-0.2, -0.15) is 0 Å². The number of amides is 1. The summed E-state index contributed by atoms with van der Waals surface area (Å²) >= 11 is 0. The van der Waals surface area contributed by atoms with Gasteiger partial charge in [0.2, 0.25) is 10.0 Å². The Hall–Kier alpha value is -2.91. The van der Waals surface area contributed by atoms with E-state index < -0.39 is 10.0 Å². The summed E-state index contributed by atoms with van der Waals surface area (Å²) in [5, 5.41) is 2.97. The number of nitrogens with zero attached hydrogens (tertiary/aromatic N) is 1. The van der Waals surface area contributed by atoms with Crippen LogP contribution in [0.5, 0.6) is 5.75 Å². The molecule has 1 amide bonds. The number of piperidine rings is 1. The molecule has 1 aliphatic carbocycles. The number of carbonyl (C=O) groups is 1. The van der Waals surface area contributed by atoms with Crippen molar-refractivity contribution < 1.29 is 17.9 Å². The lowest BCUT2D eigenvalue weighted by Crippen LogP contribution is -2.42. The zero-order valence-electron chi connectivity index (χ0n) is 23.0. The van der Waals surface area contributed by atoms with E-state index >= 15 is 0 Å². The van der Waals surface area contributed by atoms with Crippen molar-refractivity contribution in [3.05, 3.63) is 68.6 Å². The molecule has 1 aromatic heterocycles. The van der Waals surface area contributed by atoms with Gasteiger partial charge < -0.3 is 15.0 Å². The van der Waals surface area contributed by atoms with Gasteiger partial charge in [0.15, 0.2) is 0 Å². The molecule has 38 heavy (non-hydrogen) atoms. The van der Waals surface area contributed by atoms with Gasteiger partial charge in [0.05, 0.1) is 25.0 Å². The largest absolute Gasteiger partial charge is 0.496 e. The quantitative estimate of drug-likeness (QED) is 0.530. The summed E-state index contributed by atoms with van der Waals surface area (Å²) in [5.41, 5.74) is 4.57. The standard InChI is InChI=1S/C29H39N3O5S/c1-6-38(35,36)32-13-11-21(12-14-32)19(3)24-16-22-9-7-8-10-23(22)27(20(24)4)29(34)30-17-25-26(37-5)15-18(2)31-28(25)33/h7-10,15,19,21,24H,6,11-14,16-17H2,1-5H3,(H,30,34)(H,31,33)/t19-,24?/m1/s1. The van der Waals surface area contributed by atoms with Gasteiger partial charge in [0.25, 0.3) is 11.5 Å². The van der Waals surface area contributed by atoms with Crippen LogP contribution in [0.1, 0.15) is 56.0 Å². The number of rotatable bonds is 8. The maximum absolute atomic E-state index is 13.7. The summed E-state index contributed by atoms with van der Waals surface area (Å²) < 4.78 is 31.7. The molecule has 2 aromatic rings. The van der Waals surface area contributed by atoms with Gasteiger partial charge >= 0.3 is 0 Å². The van der Waals surface area contributed by atoms with E-state index in [2.05, 4.69) is 23.3 Å². The molecule has 1 saturated heterocycles. The molecule has 2 heterocycles. The molecular formula is C29H39N3O5S. The number of fused-ring (bicyclic) bond motifs is 1. The molecule has 0 spiro atoms. The Kier molecular flexibility index (Phi) is 8.47. The molecule has 2 atom stereocenters. The van der Waals surface area contributed by atoms with Crippen LogP contribution in [0.3, 0.4) is 0 Å². The third-order valence-electron chi connectivity index (χ3n) is 8.41. The number of sulfonamides is 1. The fourth-order valence-electron chi connectivity index (χ4n) is 6.10. The number of aromatic nitrogens is 1. The SMILES string of the molecule is CCS(=O)(=O)N1CCC([C@@H](C)C2Cc3ccccc3C(C(=O)NCc3c(OC)cc(C)[nH]c3=O)=C2C)CC1. The number of ether oxygens (including phenoxy) is 1. The molecule has 0 radical (unpaired) electrons. The lowest BCUT2D eigenvalue weighted by molar-refractivity contribution is -0.115. The van der Waals surface area contributed by atoms with Gasteiger partial charge in [0.1, 0.15) is 5.75 Å². The normalized spacial score (nSPS) is 19.7. The van der Waals surface area contributed by atoms with E-state index in [1.807, 2.05) is 25.1 Å². The van der Waals surface area contributed by atoms with Crippen molar-refractivity contribution in [3.63, 3.8) is 0 Å². The summed E-state index contributed by atoms with van der Waals surface area (Å²) in [6.45, 7) is 8.92. The van der Waals surface area contributed by atoms with E-state index in [9.17, 15) is 18.0 Å². The number of hydrogen-bond donors (Lipinski definition) is 2. The molecule has 1 fully saturated rings. The number of H-pyrrole nitrogens is 1. The lowest BCUT2D eigenvalue weighted by atomic mass is 9.68. The smallest absolute Gasteiger partial charge is 0.256 e. The number of hydrogen-bond acceptors (Lipinski definition) is 5. The first-order valence-corrected chi connectivity index (χ1v) is 15.0. The molecule has 8 nitrogen and oxygen atoms in total. The van der Waals surface area contributed by atoms with Crippen LogP contribution in [0.4, 0.5) is 0 Å². The topological polar surface area (TPSA) is 109 Å². The molecule has 206 valence electrons. The molecule has 1 unspecified atom stereocenters. The minimum atomic E-state index is -3.17. The van der Waals surface area contributed by atoms with E-state index in [4.69, 9.17) is 4.74 Å². The number of pyridine rings is 1. The van der Waals surface area contributed by atoms with Crippen LogP contribution < -0.4 is 15.6 Å². The number of methoxy groups -OCH3 is 1. The van der Waals surface area contributed by atoms with E-state index in [1.54, 1.807) is 24.2 Å². The van der Waals surface area contributed by atoms with E-state index in [-0.39, 0.29) is 35.6 Å². The summed E-state index contributed by atoms with van der Waals surface area (Å²) in [7, 11) is -1.66. The third-order valence-corrected chi connectivity index (χ3v) is 10.3. The van der Waals surface area contributed by atoms with E-state index in [0.717, 1.165) is 36.0 Å². The van der Waals surface area contributed by atoms with Crippen molar-refractivity contribution in [1.29, 1.82) is 0 Å². The molecule has 0 bridgehead atoms. The first-order chi connectivity index (χ1) is 18.1. The van der Waals surface area contributed by atoms with Crippen LogP contribution >= 0.6 is 0 Å². The fourth-order valence-corrected chi connectivity index (χ4v) is 7.23. The first kappa shape index (κ1) is 28.1. The average molecular weight is 542 g/mol. The van der Waals surface area contributed by atoms with Gasteiger partial charge in [-0.15, -0.1) is 0 Å². The number of benzene rings is 1. The highest BCUT2D eigenvalue weighted by Gasteiger charge is 2.37. The molecule has 2 N–H and O–H groups in total. The highest BCUT2D eigenvalue weighted by Crippen LogP contribution is 2.42. The maximum atomic E-state index is 13.7. The summed E-state index contributed by atoms with van der Waals surface area (Å²) in [6, 6.07) is 9.77. The Labute approximate surface area is 225 Å². The Balaban J connectivity index is 1.58. The minimum absolute atomic E-state index is 0.0567. The predicted octanol–water partition coefficient (Wildman–Crippen LogP) is 3.65. The molecule has 1 aromatic carbocycles. The average Bonchev–Trinajstić information content (AvgIpc) is 2.91. The molecule has 9 heteroatoms. The summed E-state index contributed by atoms with van der Waals surface area (Å²) in [4.78, 5) is 29.0. The van der Waals surface area contributed by atoms with Gasteiger partial charge in [-0.3, -0.25) is 9.59 Å². The van der Waals surface area contributed by atoms with Gasteiger partial charge in [-0.1, -0.05) is 36.8 Å². The molecular weight excluding hydrogens is 502 g/mol. The number of carbonyl (C=O) groups excluding carboxylic acids is 1. The first-order valence-electron chi connectivity index (χ1n) is 13.4. The fraction of sp³-hybridized carbons (Fsp3) is 0.517. The Morgan fingerprint density at radius 2 is 1.89 bits per heavy atom.